The number of unbranched alkanes of at least 4 members (excludes halogenated alkanes) is 21. The van der Waals surface area contributed by atoms with Crippen molar-refractivity contribution in [2.24, 2.45) is 0 Å². The number of carbonyl (C=O) groups is 3. The number of rotatable bonds is 50. The average molecular weight is 958 g/mol. The highest BCUT2D eigenvalue weighted by Crippen LogP contribution is 2.15. The molecule has 6 heteroatoms. The molecule has 0 saturated carbocycles. The predicted molar refractivity (Wildman–Crippen MR) is 297 cm³/mol. The molecule has 392 valence electrons. The quantitative estimate of drug-likeness (QED) is 0.0262. The van der Waals surface area contributed by atoms with Crippen LogP contribution in [0.2, 0.25) is 0 Å². The Morgan fingerprint density at radius 3 is 0.942 bits per heavy atom. The molecule has 0 heterocycles. The third kappa shape index (κ3) is 54.9. The number of hydrogen-bond acceptors (Lipinski definition) is 6. The van der Waals surface area contributed by atoms with E-state index in [0.717, 1.165) is 83.5 Å². The molecule has 0 radical (unpaired) electrons. The Balaban J connectivity index is 4.55. The van der Waals surface area contributed by atoms with Gasteiger partial charge in [-0.3, -0.25) is 14.4 Å². The van der Waals surface area contributed by atoms with Gasteiger partial charge >= 0.3 is 17.9 Å². The monoisotopic (exact) mass is 957 g/mol. The van der Waals surface area contributed by atoms with Gasteiger partial charge in [0, 0.05) is 19.3 Å². The van der Waals surface area contributed by atoms with Crippen molar-refractivity contribution in [3.05, 3.63) is 109 Å². The van der Waals surface area contributed by atoms with Crippen LogP contribution in [0.1, 0.15) is 252 Å². The van der Waals surface area contributed by atoms with Gasteiger partial charge in [0.05, 0.1) is 0 Å². The summed E-state index contributed by atoms with van der Waals surface area (Å²) in [5.41, 5.74) is 0. The first-order valence-corrected chi connectivity index (χ1v) is 28.4. The first-order valence-electron chi connectivity index (χ1n) is 28.4. The smallest absolute Gasteiger partial charge is 0.306 e. The summed E-state index contributed by atoms with van der Waals surface area (Å²) in [6, 6.07) is 0. The van der Waals surface area contributed by atoms with E-state index in [1.165, 1.54) is 116 Å². The Morgan fingerprint density at radius 1 is 0.304 bits per heavy atom. The van der Waals surface area contributed by atoms with Gasteiger partial charge in [-0.1, -0.05) is 246 Å². The first kappa shape index (κ1) is 65.1. The molecular formula is C63H104O6. The number of hydrogen-bond donors (Lipinski definition) is 0. The van der Waals surface area contributed by atoms with Gasteiger partial charge in [0.1, 0.15) is 13.2 Å². The van der Waals surface area contributed by atoms with Crippen molar-refractivity contribution in [3.63, 3.8) is 0 Å². The molecule has 0 bridgehead atoms. The Kier molecular flexibility index (Phi) is 53.4. The van der Waals surface area contributed by atoms with Gasteiger partial charge in [-0.2, -0.15) is 0 Å². The van der Waals surface area contributed by atoms with E-state index in [4.69, 9.17) is 14.2 Å². The third-order valence-electron chi connectivity index (χ3n) is 11.8. The second kappa shape index (κ2) is 56.7. The molecule has 0 aromatic heterocycles. The predicted octanol–water partition coefficient (Wildman–Crippen LogP) is 19.1. The van der Waals surface area contributed by atoms with E-state index in [9.17, 15) is 14.4 Å². The van der Waals surface area contributed by atoms with Crippen molar-refractivity contribution in [1.82, 2.24) is 0 Å². The fourth-order valence-electron chi connectivity index (χ4n) is 7.53. The highest BCUT2D eigenvalue weighted by molar-refractivity contribution is 5.71. The van der Waals surface area contributed by atoms with Gasteiger partial charge in [0.2, 0.25) is 0 Å². The lowest BCUT2D eigenvalue weighted by Gasteiger charge is -2.18. The minimum Gasteiger partial charge on any atom is -0.462 e. The minimum absolute atomic E-state index is 0.117. The highest BCUT2D eigenvalue weighted by atomic mass is 16.6. The zero-order chi connectivity index (χ0) is 50.0. The van der Waals surface area contributed by atoms with Crippen LogP contribution in [0.3, 0.4) is 0 Å². The van der Waals surface area contributed by atoms with Crippen molar-refractivity contribution in [1.29, 1.82) is 0 Å². The van der Waals surface area contributed by atoms with Crippen LogP contribution in [0.15, 0.2) is 109 Å². The Labute approximate surface area is 425 Å². The molecule has 6 nitrogen and oxygen atoms in total. The van der Waals surface area contributed by atoms with E-state index in [-0.39, 0.29) is 44.0 Å². The van der Waals surface area contributed by atoms with Crippen molar-refractivity contribution in [2.75, 3.05) is 13.2 Å². The maximum Gasteiger partial charge on any atom is 0.306 e. The Bertz CT molecular complexity index is 1420. The summed E-state index contributed by atoms with van der Waals surface area (Å²) in [4.78, 5) is 38.1. The maximum atomic E-state index is 12.8. The van der Waals surface area contributed by atoms with Crippen molar-refractivity contribution < 1.29 is 28.6 Å². The summed E-state index contributed by atoms with van der Waals surface area (Å²) in [5, 5.41) is 0. The first-order chi connectivity index (χ1) is 34.0. The van der Waals surface area contributed by atoms with E-state index in [2.05, 4.69) is 130 Å². The molecule has 0 aromatic rings. The molecule has 0 rings (SSSR count). The lowest BCUT2D eigenvalue weighted by Crippen LogP contribution is -2.30. The van der Waals surface area contributed by atoms with Crippen molar-refractivity contribution in [3.8, 4) is 0 Å². The molecule has 0 spiro atoms. The fraction of sp³-hybridized carbons (Fsp3) is 0.667. The molecule has 0 aliphatic carbocycles. The summed E-state index contributed by atoms with van der Waals surface area (Å²) < 4.78 is 16.8. The molecule has 0 unspecified atom stereocenters. The molecule has 0 saturated heterocycles. The number of ether oxygens (including phenoxy) is 3. The number of carbonyl (C=O) groups excluding carboxylic acids is 3. The summed E-state index contributed by atoms with van der Waals surface area (Å²) in [7, 11) is 0. The van der Waals surface area contributed by atoms with E-state index in [1.54, 1.807) is 0 Å². The van der Waals surface area contributed by atoms with E-state index in [1.807, 2.05) is 0 Å². The van der Waals surface area contributed by atoms with Crippen LogP contribution in [0.5, 0.6) is 0 Å². The summed E-state index contributed by atoms with van der Waals surface area (Å²) in [6.07, 6.45) is 76.6. The van der Waals surface area contributed by atoms with Gasteiger partial charge in [-0.25, -0.2) is 0 Å². The second-order valence-electron chi connectivity index (χ2n) is 18.5. The van der Waals surface area contributed by atoms with Gasteiger partial charge in [-0.05, 0) is 96.3 Å². The standard InChI is InChI=1S/C63H104O6/c1-4-7-10-13-16-19-22-25-28-31-34-37-40-43-46-49-52-55-61(64)67-58-60(69-63(66)57-54-51-48-45-42-39-36-33-30-27-24-21-18-15-12-9-6-3)59-68-62(65)56-53-50-47-44-41-38-35-32-29-26-23-20-17-14-11-8-5-2/h7,10,16,18-19,21,25,27-28,30,34,36-37,39,43,45-46,48,60H,4-6,8-9,11-15,17,20,22-24,26,29,31-33,35,38,40-42,44,47,49-59H2,1-3H3/b10-7-,19-16-,21-18-,28-25-,30-27-,37-34-,39-36-,46-43-,48-45-/t60-/m1/s1. The van der Waals surface area contributed by atoms with E-state index >= 15 is 0 Å². The van der Waals surface area contributed by atoms with Crippen molar-refractivity contribution in [2.45, 2.75) is 258 Å². The Morgan fingerprint density at radius 2 is 0.580 bits per heavy atom. The third-order valence-corrected chi connectivity index (χ3v) is 11.8. The lowest BCUT2D eigenvalue weighted by atomic mass is 10.0. The molecular weight excluding hydrogens is 853 g/mol. The normalized spacial score (nSPS) is 12.9. The SMILES string of the molecule is CC/C=C\C/C=C\C/C=C\C/C=C\C/C=C\CCCC(=O)OC[C@H](COC(=O)CCCCCCCCCCCCCCCCCCC)OC(=O)CCC/C=C\C/C=C\C/C=C\C/C=C\CCCCC. The second-order valence-corrected chi connectivity index (χ2v) is 18.5. The summed E-state index contributed by atoms with van der Waals surface area (Å²) in [5.74, 6) is -1.03. The zero-order valence-electron chi connectivity index (χ0n) is 44.8. The van der Waals surface area contributed by atoms with Crippen LogP contribution in [-0.4, -0.2) is 37.2 Å². The Hall–Kier alpha value is -3.93. The molecule has 69 heavy (non-hydrogen) atoms. The van der Waals surface area contributed by atoms with Gasteiger partial charge < -0.3 is 14.2 Å². The lowest BCUT2D eigenvalue weighted by molar-refractivity contribution is -0.167. The summed E-state index contributed by atoms with van der Waals surface area (Å²) in [6.45, 7) is 6.41. The number of allylic oxidation sites excluding steroid dienone is 18. The topological polar surface area (TPSA) is 78.9 Å². The van der Waals surface area contributed by atoms with Gasteiger partial charge in [-0.15, -0.1) is 0 Å². The largest absolute Gasteiger partial charge is 0.462 e. The molecule has 0 amide bonds. The van der Waals surface area contributed by atoms with Crippen LogP contribution in [-0.2, 0) is 28.6 Å². The fourth-order valence-corrected chi connectivity index (χ4v) is 7.53. The zero-order valence-corrected chi connectivity index (χ0v) is 44.8. The maximum absolute atomic E-state index is 12.8. The van der Waals surface area contributed by atoms with Gasteiger partial charge in [0.15, 0.2) is 6.10 Å². The van der Waals surface area contributed by atoms with Crippen LogP contribution in [0, 0.1) is 0 Å². The van der Waals surface area contributed by atoms with Crippen molar-refractivity contribution >= 4 is 17.9 Å². The van der Waals surface area contributed by atoms with Crippen LogP contribution in [0.4, 0.5) is 0 Å². The summed E-state index contributed by atoms with van der Waals surface area (Å²) >= 11 is 0. The van der Waals surface area contributed by atoms with E-state index < -0.39 is 6.10 Å². The van der Waals surface area contributed by atoms with Gasteiger partial charge in [0.25, 0.3) is 0 Å². The molecule has 1 atom stereocenters. The highest BCUT2D eigenvalue weighted by Gasteiger charge is 2.19. The molecule has 0 fully saturated rings. The van der Waals surface area contributed by atoms with E-state index in [0.29, 0.717) is 19.3 Å². The molecule has 0 aliphatic rings. The van der Waals surface area contributed by atoms with Crippen LogP contribution in [0.25, 0.3) is 0 Å². The average Bonchev–Trinajstić information content (AvgIpc) is 3.35. The van der Waals surface area contributed by atoms with Crippen LogP contribution < -0.4 is 0 Å². The van der Waals surface area contributed by atoms with Crippen LogP contribution >= 0.6 is 0 Å². The molecule has 0 N–H and O–H groups in total. The number of esters is 3. The molecule has 0 aromatic carbocycles. The molecule has 0 aliphatic heterocycles. The minimum atomic E-state index is -0.830.